The monoisotopic (exact) mass is 396 g/mol. The van der Waals surface area contributed by atoms with Gasteiger partial charge in [0.15, 0.2) is 0 Å². The minimum atomic E-state index is -3.96. The van der Waals surface area contributed by atoms with Gasteiger partial charge in [-0.15, -0.1) is 0 Å². The number of carboxylic acid groups (broad SMARTS) is 1. The maximum Gasteiger partial charge on any atom is 0.411 e. The summed E-state index contributed by atoms with van der Waals surface area (Å²) in [6.07, 6.45) is -1.11. The van der Waals surface area contributed by atoms with Crippen molar-refractivity contribution in [3.63, 3.8) is 0 Å². The van der Waals surface area contributed by atoms with Crippen LogP contribution in [-0.4, -0.2) is 37.7 Å². The third-order valence-electron chi connectivity index (χ3n) is 3.57. The molecule has 1 amide bonds. The van der Waals surface area contributed by atoms with Crippen LogP contribution in [-0.2, 0) is 10.0 Å². The summed E-state index contributed by atoms with van der Waals surface area (Å²) >= 11 is 5.78. The van der Waals surface area contributed by atoms with Gasteiger partial charge in [-0.25, -0.2) is 22.9 Å². The Morgan fingerprint density at radius 3 is 2.54 bits per heavy atom. The number of aromatic hydroxyl groups is 1. The van der Waals surface area contributed by atoms with Crippen LogP contribution >= 0.6 is 11.6 Å². The Balaban J connectivity index is 1.91. The summed E-state index contributed by atoms with van der Waals surface area (Å²) in [7, 11) is -2.57. The van der Waals surface area contributed by atoms with Crippen LogP contribution in [0.1, 0.15) is 0 Å². The molecule has 0 atom stereocenters. The van der Waals surface area contributed by atoms with Gasteiger partial charge in [0, 0.05) is 29.5 Å². The molecule has 1 heterocycles. The van der Waals surface area contributed by atoms with Gasteiger partial charge in [-0.3, -0.25) is 4.90 Å². The standard InChI is InChI=1S/C15H13ClN4O5S/c1-20(15(22)23)10-4-2-9(3-5-10)17-14-18-13-11(21)6-8(16)7-12(13)26(24,25)19-14/h2-7,21H,1H3,(H,22,23)(H2,17,18,19). The molecule has 0 unspecified atom stereocenters. The number of halogens is 1. The lowest BCUT2D eigenvalue weighted by molar-refractivity contribution is 0.203. The number of anilines is 2. The zero-order valence-corrected chi connectivity index (χ0v) is 14.8. The highest BCUT2D eigenvalue weighted by atomic mass is 35.5. The molecule has 3 rings (SSSR count). The number of guanidine groups is 1. The van der Waals surface area contributed by atoms with Crippen molar-refractivity contribution >= 4 is 50.7 Å². The van der Waals surface area contributed by atoms with Crippen molar-refractivity contribution in [1.82, 2.24) is 4.72 Å². The van der Waals surface area contributed by atoms with Crippen LogP contribution < -0.4 is 14.9 Å². The fourth-order valence-electron chi connectivity index (χ4n) is 2.26. The number of nitrogens with zero attached hydrogens (tertiary/aromatic N) is 2. The molecule has 2 aromatic carbocycles. The number of carbonyl (C=O) groups is 1. The summed E-state index contributed by atoms with van der Waals surface area (Å²) in [5.74, 6) is -0.482. The van der Waals surface area contributed by atoms with E-state index in [1.807, 2.05) is 0 Å². The number of sulfonamides is 1. The highest BCUT2D eigenvalue weighted by molar-refractivity contribution is 7.90. The van der Waals surface area contributed by atoms with Gasteiger partial charge in [-0.2, -0.15) is 0 Å². The van der Waals surface area contributed by atoms with E-state index in [1.54, 1.807) is 24.3 Å². The first-order valence-electron chi connectivity index (χ1n) is 7.15. The molecule has 2 aromatic rings. The SMILES string of the molecule is CN(C(=O)O)c1ccc(NC2=Nc3c(O)cc(Cl)cc3S(=O)(=O)N2)cc1. The van der Waals surface area contributed by atoms with Crippen molar-refractivity contribution in [3.05, 3.63) is 41.4 Å². The van der Waals surface area contributed by atoms with Gasteiger partial charge in [0.2, 0.25) is 5.96 Å². The second-order valence-corrected chi connectivity index (χ2v) is 7.44. The second kappa shape index (κ2) is 6.39. The van der Waals surface area contributed by atoms with Crippen molar-refractivity contribution in [3.8, 4) is 5.75 Å². The summed E-state index contributed by atoms with van der Waals surface area (Å²) in [6, 6.07) is 8.58. The van der Waals surface area contributed by atoms with Gasteiger partial charge < -0.3 is 15.5 Å². The Bertz CT molecular complexity index is 1020. The lowest BCUT2D eigenvalue weighted by atomic mass is 10.2. The van der Waals surface area contributed by atoms with E-state index in [-0.39, 0.29) is 27.3 Å². The molecule has 11 heteroatoms. The number of hydrogen-bond acceptors (Lipinski definition) is 6. The van der Waals surface area contributed by atoms with Gasteiger partial charge in [-0.05, 0) is 30.3 Å². The van der Waals surface area contributed by atoms with Crippen LogP contribution in [0.2, 0.25) is 5.02 Å². The molecule has 0 aromatic heterocycles. The van der Waals surface area contributed by atoms with E-state index in [9.17, 15) is 18.3 Å². The fourth-order valence-corrected chi connectivity index (χ4v) is 3.69. The number of fused-ring (bicyclic) bond motifs is 1. The van der Waals surface area contributed by atoms with E-state index >= 15 is 0 Å². The van der Waals surface area contributed by atoms with E-state index in [4.69, 9.17) is 16.7 Å². The highest BCUT2D eigenvalue weighted by Crippen LogP contribution is 2.38. The lowest BCUT2D eigenvalue weighted by Gasteiger charge is -2.20. The third-order valence-corrected chi connectivity index (χ3v) is 5.14. The van der Waals surface area contributed by atoms with E-state index in [2.05, 4.69) is 15.0 Å². The maximum atomic E-state index is 12.3. The summed E-state index contributed by atoms with van der Waals surface area (Å²) in [4.78, 5) is 15.8. The van der Waals surface area contributed by atoms with Crippen LogP contribution in [0.25, 0.3) is 0 Å². The van der Waals surface area contributed by atoms with Crippen molar-refractivity contribution in [2.45, 2.75) is 4.90 Å². The highest BCUT2D eigenvalue weighted by Gasteiger charge is 2.28. The van der Waals surface area contributed by atoms with Crippen molar-refractivity contribution in [1.29, 1.82) is 0 Å². The van der Waals surface area contributed by atoms with Gasteiger partial charge in [0.05, 0.1) is 0 Å². The predicted molar refractivity (Wildman–Crippen MR) is 97.0 cm³/mol. The molecule has 0 aliphatic carbocycles. The minimum absolute atomic E-state index is 0.0661. The zero-order chi connectivity index (χ0) is 19.1. The molecule has 0 spiro atoms. The Morgan fingerprint density at radius 1 is 1.27 bits per heavy atom. The molecule has 1 aliphatic heterocycles. The molecule has 0 fully saturated rings. The number of amides is 1. The zero-order valence-electron chi connectivity index (χ0n) is 13.3. The molecule has 0 bridgehead atoms. The molecule has 136 valence electrons. The quantitative estimate of drug-likeness (QED) is 0.616. The van der Waals surface area contributed by atoms with Crippen LogP contribution in [0.15, 0.2) is 46.3 Å². The summed E-state index contributed by atoms with van der Waals surface area (Å²) in [5.41, 5.74) is 0.774. The molecule has 0 radical (unpaired) electrons. The number of phenols is 1. The van der Waals surface area contributed by atoms with Gasteiger partial charge in [0.1, 0.15) is 16.3 Å². The molecule has 0 saturated carbocycles. The van der Waals surface area contributed by atoms with Crippen molar-refractivity contribution in [2.24, 2.45) is 4.99 Å². The number of aliphatic imine (C=N–C) groups is 1. The van der Waals surface area contributed by atoms with E-state index in [0.29, 0.717) is 11.4 Å². The molecule has 0 saturated heterocycles. The van der Waals surface area contributed by atoms with Crippen LogP contribution in [0.5, 0.6) is 5.75 Å². The van der Waals surface area contributed by atoms with Crippen LogP contribution in [0, 0.1) is 0 Å². The normalized spacial score (nSPS) is 14.6. The van der Waals surface area contributed by atoms with E-state index in [0.717, 1.165) is 4.90 Å². The topological polar surface area (TPSA) is 131 Å². The number of nitrogens with one attached hydrogen (secondary N) is 2. The summed E-state index contributed by atoms with van der Waals surface area (Å²) in [5, 5.41) is 21.7. The van der Waals surface area contributed by atoms with Gasteiger partial charge in [0.25, 0.3) is 10.0 Å². The van der Waals surface area contributed by atoms with Crippen molar-refractivity contribution < 1.29 is 23.4 Å². The minimum Gasteiger partial charge on any atom is -0.506 e. The van der Waals surface area contributed by atoms with E-state index in [1.165, 1.54) is 19.2 Å². The number of rotatable bonds is 2. The first kappa shape index (κ1) is 17.8. The molecule has 4 N–H and O–H groups in total. The maximum absolute atomic E-state index is 12.3. The molecular formula is C15H13ClN4O5S. The predicted octanol–water partition coefficient (Wildman–Crippen LogP) is 2.55. The Hall–Kier alpha value is -2.98. The number of benzene rings is 2. The molecule has 26 heavy (non-hydrogen) atoms. The average molecular weight is 397 g/mol. The van der Waals surface area contributed by atoms with Crippen LogP contribution in [0.3, 0.4) is 0 Å². The summed E-state index contributed by atoms with van der Waals surface area (Å²) < 4.78 is 26.9. The first-order chi connectivity index (χ1) is 12.2. The smallest absolute Gasteiger partial charge is 0.411 e. The molecule has 9 nitrogen and oxygen atoms in total. The number of phenolic OH excluding ortho intramolecular Hbond substituents is 1. The van der Waals surface area contributed by atoms with Gasteiger partial charge >= 0.3 is 6.09 Å². The molecule has 1 aliphatic rings. The van der Waals surface area contributed by atoms with Gasteiger partial charge in [-0.1, -0.05) is 11.6 Å². The van der Waals surface area contributed by atoms with Crippen LogP contribution in [0.4, 0.5) is 21.9 Å². The Morgan fingerprint density at radius 2 is 1.92 bits per heavy atom. The fraction of sp³-hybridized carbons (Fsp3) is 0.0667. The van der Waals surface area contributed by atoms with Crippen molar-refractivity contribution in [2.75, 3.05) is 17.3 Å². The largest absolute Gasteiger partial charge is 0.506 e. The molecular weight excluding hydrogens is 384 g/mol. The Labute approximate surface area is 153 Å². The Kier molecular flexibility index (Phi) is 4.38. The number of hydrogen-bond donors (Lipinski definition) is 4. The lowest BCUT2D eigenvalue weighted by Crippen LogP contribution is -2.38. The third kappa shape index (κ3) is 3.37. The summed E-state index contributed by atoms with van der Waals surface area (Å²) in [6.45, 7) is 0. The average Bonchev–Trinajstić information content (AvgIpc) is 2.55. The second-order valence-electron chi connectivity index (χ2n) is 5.35. The first-order valence-corrected chi connectivity index (χ1v) is 9.01. The van der Waals surface area contributed by atoms with E-state index < -0.39 is 16.1 Å².